The molecule has 0 aliphatic carbocycles. The van der Waals surface area contributed by atoms with Crippen LogP contribution in [0.4, 0.5) is 0 Å². The van der Waals surface area contributed by atoms with Gasteiger partial charge in [-0.2, -0.15) is 0 Å². The number of carbonyl (C=O) groups excluding carboxylic acids is 1. The van der Waals surface area contributed by atoms with Crippen LogP contribution in [0, 0.1) is 0 Å². The average Bonchev–Trinajstić information content (AvgIpc) is 3.40. The molecule has 29 heavy (non-hydrogen) atoms. The molecule has 152 valence electrons. The van der Waals surface area contributed by atoms with Gasteiger partial charge in [-0.1, -0.05) is 23.9 Å². The number of hydrogen-bond acceptors (Lipinski definition) is 7. The van der Waals surface area contributed by atoms with Crippen molar-refractivity contribution >= 4 is 29.0 Å². The van der Waals surface area contributed by atoms with Crippen LogP contribution in [-0.2, 0) is 18.4 Å². The van der Waals surface area contributed by atoms with E-state index < -0.39 is 0 Å². The van der Waals surface area contributed by atoms with E-state index in [2.05, 4.69) is 10.2 Å². The Labute approximate surface area is 177 Å². The normalized spacial score (nSPS) is 12.8. The Morgan fingerprint density at radius 2 is 2.07 bits per heavy atom. The Morgan fingerprint density at radius 1 is 1.24 bits per heavy atom. The number of rotatable bonds is 7. The molecule has 0 saturated carbocycles. The number of carbonyl (C=O) groups is 1. The zero-order valence-corrected chi connectivity index (χ0v) is 18.0. The van der Waals surface area contributed by atoms with E-state index in [1.807, 2.05) is 59.2 Å². The van der Waals surface area contributed by atoms with E-state index in [0.29, 0.717) is 32.1 Å². The van der Waals surface area contributed by atoms with Crippen LogP contribution in [0.3, 0.4) is 0 Å². The molecule has 0 bridgehead atoms. The van der Waals surface area contributed by atoms with Crippen molar-refractivity contribution in [2.24, 2.45) is 7.05 Å². The predicted octanol–water partition coefficient (Wildman–Crippen LogP) is 3.46. The van der Waals surface area contributed by atoms with E-state index in [1.165, 1.54) is 11.8 Å². The Bertz CT molecular complexity index is 988. The van der Waals surface area contributed by atoms with Gasteiger partial charge in [-0.3, -0.25) is 4.79 Å². The topological polar surface area (TPSA) is 69.5 Å². The lowest BCUT2D eigenvalue weighted by Gasteiger charge is -2.23. The molecular formula is C20H22N4O3S2. The van der Waals surface area contributed by atoms with Gasteiger partial charge in [-0.15, -0.1) is 21.5 Å². The number of thioether (sulfide) groups is 1. The molecule has 0 saturated heterocycles. The first-order valence-corrected chi connectivity index (χ1v) is 11.2. The smallest absolute Gasteiger partial charge is 0.233 e. The van der Waals surface area contributed by atoms with Crippen molar-refractivity contribution in [2.75, 3.05) is 25.5 Å². The maximum absolute atomic E-state index is 12.8. The molecule has 3 aromatic rings. The summed E-state index contributed by atoms with van der Waals surface area (Å²) in [6.07, 6.45) is 0. The third-order valence-corrected chi connectivity index (χ3v) is 6.49. The summed E-state index contributed by atoms with van der Waals surface area (Å²) in [6, 6.07) is 9.84. The molecule has 9 heteroatoms. The van der Waals surface area contributed by atoms with Crippen LogP contribution < -0.4 is 9.47 Å². The molecule has 0 radical (unpaired) electrons. The van der Waals surface area contributed by atoms with E-state index >= 15 is 0 Å². The first-order chi connectivity index (χ1) is 14.2. The van der Waals surface area contributed by atoms with Crippen molar-refractivity contribution in [2.45, 2.75) is 18.6 Å². The maximum Gasteiger partial charge on any atom is 0.233 e. The molecule has 1 amide bonds. The van der Waals surface area contributed by atoms with Gasteiger partial charge in [0, 0.05) is 20.1 Å². The molecule has 0 unspecified atom stereocenters. The first kappa shape index (κ1) is 19.8. The highest BCUT2D eigenvalue weighted by Gasteiger charge is 2.18. The second-order valence-corrected chi connectivity index (χ2v) is 8.41. The van der Waals surface area contributed by atoms with Crippen LogP contribution in [0.1, 0.15) is 12.5 Å². The largest absolute Gasteiger partial charge is 0.486 e. The van der Waals surface area contributed by atoms with Gasteiger partial charge in [0.15, 0.2) is 22.5 Å². The second kappa shape index (κ2) is 8.87. The van der Waals surface area contributed by atoms with E-state index in [-0.39, 0.29) is 5.91 Å². The molecule has 3 heterocycles. The van der Waals surface area contributed by atoms with E-state index in [9.17, 15) is 4.79 Å². The van der Waals surface area contributed by atoms with Crippen molar-refractivity contribution in [1.29, 1.82) is 0 Å². The van der Waals surface area contributed by atoms with Gasteiger partial charge in [0.05, 0.1) is 10.6 Å². The zero-order valence-electron chi connectivity index (χ0n) is 16.3. The molecule has 7 nitrogen and oxygen atoms in total. The Hall–Kier alpha value is -2.52. The lowest BCUT2D eigenvalue weighted by molar-refractivity contribution is -0.128. The fraction of sp³-hybridized carbons (Fsp3) is 0.350. The number of hydrogen-bond donors (Lipinski definition) is 0. The number of aromatic nitrogens is 3. The minimum absolute atomic E-state index is 0.0630. The molecule has 4 rings (SSSR count). The highest BCUT2D eigenvalue weighted by atomic mass is 32.2. The van der Waals surface area contributed by atoms with Gasteiger partial charge in [-0.25, -0.2) is 0 Å². The molecule has 0 fully saturated rings. The van der Waals surface area contributed by atoms with E-state index in [0.717, 1.165) is 32.9 Å². The summed E-state index contributed by atoms with van der Waals surface area (Å²) in [5.41, 5.74) is 1.02. The molecule has 0 spiro atoms. The summed E-state index contributed by atoms with van der Waals surface area (Å²) in [6.45, 7) is 4.27. The third kappa shape index (κ3) is 4.40. The Balaban J connectivity index is 1.38. The monoisotopic (exact) mass is 430 g/mol. The molecule has 1 aliphatic rings. The molecule has 0 atom stereocenters. The highest BCUT2D eigenvalue weighted by Crippen LogP contribution is 2.31. The minimum Gasteiger partial charge on any atom is -0.486 e. The number of ether oxygens (including phenoxy) is 2. The number of thiophene rings is 1. The van der Waals surface area contributed by atoms with Gasteiger partial charge >= 0.3 is 0 Å². The predicted molar refractivity (Wildman–Crippen MR) is 114 cm³/mol. The molecule has 1 aliphatic heterocycles. The van der Waals surface area contributed by atoms with Gasteiger partial charge in [-0.05, 0) is 36.1 Å². The standard InChI is InChI=1S/C20H22N4O3S2/c1-3-24(12-14-6-7-15-16(11-14)27-9-8-26-15)18(25)13-29-20-22-21-19(23(20)2)17-5-4-10-28-17/h4-7,10-11H,3,8-9,12-13H2,1-2H3. The fourth-order valence-corrected chi connectivity index (χ4v) is 4.62. The van der Waals surface area contributed by atoms with Gasteiger partial charge in [0.25, 0.3) is 0 Å². The number of nitrogens with zero attached hydrogens (tertiary/aromatic N) is 4. The van der Waals surface area contributed by atoms with E-state index in [1.54, 1.807) is 11.3 Å². The van der Waals surface area contributed by atoms with Crippen LogP contribution in [0.25, 0.3) is 10.7 Å². The van der Waals surface area contributed by atoms with Gasteiger partial charge < -0.3 is 18.9 Å². The quantitative estimate of drug-likeness (QED) is 0.535. The van der Waals surface area contributed by atoms with Crippen molar-refractivity contribution in [3.05, 3.63) is 41.3 Å². The minimum atomic E-state index is 0.0630. The van der Waals surface area contributed by atoms with Crippen LogP contribution in [0.5, 0.6) is 11.5 Å². The van der Waals surface area contributed by atoms with E-state index in [4.69, 9.17) is 9.47 Å². The summed E-state index contributed by atoms with van der Waals surface area (Å²) in [5, 5.41) is 11.2. The molecule has 1 aromatic carbocycles. The Morgan fingerprint density at radius 3 is 2.83 bits per heavy atom. The maximum atomic E-state index is 12.8. The first-order valence-electron chi connectivity index (χ1n) is 9.38. The van der Waals surface area contributed by atoms with Crippen LogP contribution in [-0.4, -0.2) is 51.1 Å². The number of amides is 1. The van der Waals surface area contributed by atoms with Gasteiger partial charge in [0.1, 0.15) is 13.2 Å². The molecule has 0 N–H and O–H groups in total. The van der Waals surface area contributed by atoms with Crippen molar-refractivity contribution < 1.29 is 14.3 Å². The lowest BCUT2D eigenvalue weighted by Crippen LogP contribution is -2.31. The zero-order chi connectivity index (χ0) is 20.2. The van der Waals surface area contributed by atoms with Crippen molar-refractivity contribution in [3.8, 4) is 22.2 Å². The number of fused-ring (bicyclic) bond motifs is 1. The SMILES string of the molecule is CCN(Cc1ccc2c(c1)OCCO2)C(=O)CSc1nnc(-c2cccs2)n1C. The van der Waals surface area contributed by atoms with Crippen LogP contribution in [0.2, 0.25) is 0 Å². The Kier molecular flexibility index (Phi) is 6.05. The summed E-state index contributed by atoms with van der Waals surface area (Å²) in [7, 11) is 1.93. The summed E-state index contributed by atoms with van der Waals surface area (Å²) in [4.78, 5) is 15.7. The van der Waals surface area contributed by atoms with Crippen LogP contribution in [0.15, 0.2) is 40.9 Å². The summed E-state index contributed by atoms with van der Waals surface area (Å²) in [5.74, 6) is 2.70. The number of benzene rings is 1. The average molecular weight is 431 g/mol. The third-order valence-electron chi connectivity index (χ3n) is 4.62. The summed E-state index contributed by atoms with van der Waals surface area (Å²) < 4.78 is 13.1. The molecule has 2 aromatic heterocycles. The fourth-order valence-electron chi connectivity index (χ4n) is 3.06. The van der Waals surface area contributed by atoms with Crippen LogP contribution >= 0.6 is 23.1 Å². The highest BCUT2D eigenvalue weighted by molar-refractivity contribution is 7.99. The summed E-state index contributed by atoms with van der Waals surface area (Å²) >= 11 is 3.03. The van der Waals surface area contributed by atoms with Crippen molar-refractivity contribution in [3.63, 3.8) is 0 Å². The molecular weight excluding hydrogens is 408 g/mol. The van der Waals surface area contributed by atoms with Crippen molar-refractivity contribution in [1.82, 2.24) is 19.7 Å². The van der Waals surface area contributed by atoms with Gasteiger partial charge in [0.2, 0.25) is 5.91 Å². The lowest BCUT2D eigenvalue weighted by atomic mass is 10.2. The second-order valence-electron chi connectivity index (χ2n) is 6.52.